The fraction of sp³-hybridized carbons (Fsp3) is 0.0769. The molecule has 0 saturated heterocycles. The van der Waals surface area contributed by atoms with Crippen molar-refractivity contribution in [2.45, 2.75) is 13.3 Å². The van der Waals surface area contributed by atoms with Crippen molar-refractivity contribution in [2.75, 3.05) is 0 Å². The summed E-state index contributed by atoms with van der Waals surface area (Å²) in [4.78, 5) is 11.3. The van der Waals surface area contributed by atoms with E-state index in [2.05, 4.69) is 6.07 Å². The summed E-state index contributed by atoms with van der Waals surface area (Å²) in [7, 11) is 0. The Bertz CT molecular complexity index is 1280. The van der Waals surface area contributed by atoms with Crippen LogP contribution in [0.2, 0.25) is 0 Å². The molecule has 0 radical (unpaired) electrons. The molecule has 31 heavy (non-hydrogen) atoms. The molecule has 0 aromatic heterocycles. The average molecular weight is 411 g/mol. The van der Waals surface area contributed by atoms with Gasteiger partial charge in [0, 0.05) is 0 Å². The summed E-state index contributed by atoms with van der Waals surface area (Å²) in [5.74, 6) is -0.135. The number of benzene rings is 3. The highest BCUT2D eigenvalue weighted by Crippen LogP contribution is 2.43. The highest BCUT2D eigenvalue weighted by atomic mass is 19.1. The third-order valence-electron chi connectivity index (χ3n) is 5.17. The van der Waals surface area contributed by atoms with E-state index in [1.165, 1.54) is 12.1 Å². The zero-order valence-corrected chi connectivity index (χ0v) is 16.7. The van der Waals surface area contributed by atoms with Crippen LogP contribution in [-0.4, -0.2) is 11.1 Å². The molecule has 0 aliphatic heterocycles. The molecule has 0 spiro atoms. The molecule has 4 rings (SSSR count). The standard InChI is InChI=1S/C26H18FNO3/c1-16-23(22-10-7-19(27)13-25(22)24(16)14-26(29)30)12-17-5-8-20(9-6-17)31-21-4-2-3-18(11-21)15-28/h2-13H,14H2,1H3,(H,29,30)/b23-12-. The van der Waals surface area contributed by atoms with Crippen LogP contribution in [0.15, 0.2) is 72.3 Å². The Hall–Kier alpha value is -4.17. The quantitative estimate of drug-likeness (QED) is 0.535. The van der Waals surface area contributed by atoms with Gasteiger partial charge in [-0.15, -0.1) is 0 Å². The number of allylic oxidation sites excluding steroid dienone is 2. The Morgan fingerprint density at radius 3 is 2.55 bits per heavy atom. The maximum atomic E-state index is 13.8. The number of nitrogens with zero attached hydrogens (tertiary/aromatic N) is 1. The van der Waals surface area contributed by atoms with Gasteiger partial charge in [0.2, 0.25) is 0 Å². The van der Waals surface area contributed by atoms with E-state index in [-0.39, 0.29) is 6.42 Å². The van der Waals surface area contributed by atoms with E-state index >= 15 is 0 Å². The Morgan fingerprint density at radius 1 is 1.06 bits per heavy atom. The van der Waals surface area contributed by atoms with Crippen molar-refractivity contribution < 1.29 is 19.0 Å². The van der Waals surface area contributed by atoms with E-state index in [0.717, 1.165) is 22.3 Å². The second-order valence-electron chi connectivity index (χ2n) is 7.23. The number of carboxylic acid groups (broad SMARTS) is 1. The third-order valence-corrected chi connectivity index (χ3v) is 5.17. The number of hydrogen-bond donors (Lipinski definition) is 1. The fourth-order valence-corrected chi connectivity index (χ4v) is 3.70. The first kappa shape index (κ1) is 20.1. The van der Waals surface area contributed by atoms with E-state index in [4.69, 9.17) is 10.00 Å². The number of carboxylic acids is 1. The number of carbonyl (C=O) groups is 1. The summed E-state index contributed by atoms with van der Waals surface area (Å²) < 4.78 is 19.6. The smallest absolute Gasteiger partial charge is 0.307 e. The largest absolute Gasteiger partial charge is 0.481 e. The van der Waals surface area contributed by atoms with Crippen molar-refractivity contribution in [1.29, 1.82) is 5.26 Å². The molecule has 1 aliphatic rings. The third kappa shape index (κ3) is 4.24. The van der Waals surface area contributed by atoms with Crippen molar-refractivity contribution in [2.24, 2.45) is 0 Å². The SMILES string of the molecule is CC1=C(CC(=O)O)c2cc(F)ccc2/C1=C\c1ccc(Oc2cccc(C#N)c2)cc1. The van der Waals surface area contributed by atoms with Gasteiger partial charge in [0.05, 0.1) is 18.1 Å². The summed E-state index contributed by atoms with van der Waals surface area (Å²) in [6.45, 7) is 1.86. The monoisotopic (exact) mass is 411 g/mol. The maximum absolute atomic E-state index is 13.8. The van der Waals surface area contributed by atoms with E-state index in [1.54, 1.807) is 30.3 Å². The second-order valence-corrected chi connectivity index (χ2v) is 7.23. The highest BCUT2D eigenvalue weighted by Gasteiger charge is 2.25. The number of aliphatic carboxylic acids is 1. The number of halogens is 1. The minimum Gasteiger partial charge on any atom is -0.481 e. The van der Waals surface area contributed by atoms with Gasteiger partial charge >= 0.3 is 5.97 Å². The zero-order valence-electron chi connectivity index (χ0n) is 16.7. The normalized spacial score (nSPS) is 13.8. The summed E-state index contributed by atoms with van der Waals surface area (Å²) >= 11 is 0. The summed E-state index contributed by atoms with van der Waals surface area (Å²) in [5.41, 5.74) is 5.21. The van der Waals surface area contributed by atoms with Gasteiger partial charge in [-0.05, 0) is 88.9 Å². The van der Waals surface area contributed by atoms with E-state index in [9.17, 15) is 14.3 Å². The lowest BCUT2D eigenvalue weighted by Crippen LogP contribution is -1.97. The van der Waals surface area contributed by atoms with Crippen molar-refractivity contribution in [1.82, 2.24) is 0 Å². The minimum absolute atomic E-state index is 0.159. The van der Waals surface area contributed by atoms with E-state index < -0.39 is 11.8 Å². The van der Waals surface area contributed by atoms with Gasteiger partial charge in [0.15, 0.2) is 0 Å². The molecule has 1 N–H and O–H groups in total. The Labute approximate surface area is 179 Å². The molecular formula is C26H18FNO3. The van der Waals surface area contributed by atoms with Crippen molar-refractivity contribution in [3.8, 4) is 17.6 Å². The molecule has 5 heteroatoms. The van der Waals surface area contributed by atoms with Crippen LogP contribution in [0.1, 0.15) is 35.6 Å². The first-order valence-corrected chi connectivity index (χ1v) is 9.66. The molecule has 4 nitrogen and oxygen atoms in total. The van der Waals surface area contributed by atoms with E-state index in [0.29, 0.717) is 28.2 Å². The second kappa shape index (κ2) is 8.29. The average Bonchev–Trinajstić information content (AvgIpc) is 3.00. The lowest BCUT2D eigenvalue weighted by atomic mass is 10.0. The molecule has 3 aromatic carbocycles. The first-order chi connectivity index (χ1) is 14.9. The molecule has 0 amide bonds. The van der Waals surface area contributed by atoms with Crippen LogP contribution in [0.3, 0.4) is 0 Å². The van der Waals surface area contributed by atoms with Crippen molar-refractivity contribution in [3.05, 3.63) is 100 Å². The van der Waals surface area contributed by atoms with Crippen LogP contribution in [0.5, 0.6) is 11.5 Å². The van der Waals surface area contributed by atoms with Gasteiger partial charge in [-0.1, -0.05) is 24.3 Å². The predicted molar refractivity (Wildman–Crippen MR) is 117 cm³/mol. The minimum atomic E-state index is -0.951. The molecule has 1 aliphatic carbocycles. The Balaban J connectivity index is 1.64. The van der Waals surface area contributed by atoms with Gasteiger partial charge < -0.3 is 9.84 Å². The highest BCUT2D eigenvalue weighted by molar-refractivity contribution is 6.07. The topological polar surface area (TPSA) is 70.3 Å². The molecule has 0 unspecified atom stereocenters. The molecule has 0 bridgehead atoms. The lowest BCUT2D eigenvalue weighted by molar-refractivity contribution is -0.135. The summed E-state index contributed by atoms with van der Waals surface area (Å²) in [6.07, 6.45) is 1.80. The molecular weight excluding hydrogens is 393 g/mol. The number of ether oxygens (including phenoxy) is 1. The van der Waals surface area contributed by atoms with Crippen molar-refractivity contribution in [3.63, 3.8) is 0 Å². The fourth-order valence-electron chi connectivity index (χ4n) is 3.70. The lowest BCUT2D eigenvalue weighted by Gasteiger charge is -2.07. The maximum Gasteiger partial charge on any atom is 0.307 e. The molecule has 152 valence electrons. The zero-order chi connectivity index (χ0) is 22.0. The van der Waals surface area contributed by atoms with Crippen LogP contribution < -0.4 is 4.74 Å². The molecule has 0 fully saturated rings. The number of hydrogen-bond acceptors (Lipinski definition) is 3. The number of rotatable bonds is 5. The number of nitriles is 1. The Morgan fingerprint density at radius 2 is 1.84 bits per heavy atom. The van der Waals surface area contributed by atoms with Crippen LogP contribution in [0.25, 0.3) is 17.2 Å². The summed E-state index contributed by atoms with van der Waals surface area (Å²) in [6, 6.07) is 20.9. The Kier molecular flexibility index (Phi) is 5.38. The molecule has 0 saturated carbocycles. The molecule has 3 aromatic rings. The molecule has 0 heterocycles. The van der Waals surface area contributed by atoms with Gasteiger partial charge in [0.25, 0.3) is 0 Å². The summed E-state index contributed by atoms with van der Waals surface area (Å²) in [5, 5.41) is 18.3. The molecule has 0 atom stereocenters. The van der Waals surface area contributed by atoms with E-state index in [1.807, 2.05) is 37.3 Å². The van der Waals surface area contributed by atoms with Gasteiger partial charge in [0.1, 0.15) is 17.3 Å². The predicted octanol–water partition coefficient (Wildman–Crippen LogP) is 6.29. The number of fused-ring (bicyclic) bond motifs is 1. The van der Waals surface area contributed by atoms with Crippen molar-refractivity contribution >= 4 is 23.2 Å². The van der Waals surface area contributed by atoms with Crippen LogP contribution in [-0.2, 0) is 4.79 Å². The first-order valence-electron chi connectivity index (χ1n) is 9.66. The van der Waals surface area contributed by atoms with Gasteiger partial charge in [-0.3, -0.25) is 4.79 Å². The van der Waals surface area contributed by atoms with Crippen LogP contribution >= 0.6 is 0 Å². The van der Waals surface area contributed by atoms with Crippen LogP contribution in [0, 0.1) is 17.1 Å². The van der Waals surface area contributed by atoms with Gasteiger partial charge in [-0.2, -0.15) is 5.26 Å². The van der Waals surface area contributed by atoms with Crippen LogP contribution in [0.4, 0.5) is 4.39 Å². The van der Waals surface area contributed by atoms with Gasteiger partial charge in [-0.25, -0.2) is 4.39 Å².